The van der Waals surface area contributed by atoms with Crippen LogP contribution in [0.1, 0.15) is 43.6 Å². The van der Waals surface area contributed by atoms with E-state index in [1.54, 1.807) is 18.3 Å². The number of imide groups is 1. The van der Waals surface area contributed by atoms with Crippen molar-refractivity contribution in [1.82, 2.24) is 14.9 Å². The SMILES string of the molecule is O=C1NC(=O)c2c(CCc3c[nH]c(=S)n3C3COc4c(F)cc(F)cc4C3)cccc21. The number of halogens is 2. The highest BCUT2D eigenvalue weighted by molar-refractivity contribution is 7.71. The topological polar surface area (TPSA) is 76.1 Å². The van der Waals surface area contributed by atoms with Crippen LogP contribution in [0.3, 0.4) is 0 Å². The van der Waals surface area contributed by atoms with Gasteiger partial charge in [0.05, 0.1) is 17.2 Å². The zero-order chi connectivity index (χ0) is 21.7. The first-order chi connectivity index (χ1) is 14.9. The molecule has 6 nitrogen and oxygen atoms in total. The molecule has 5 rings (SSSR count). The summed E-state index contributed by atoms with van der Waals surface area (Å²) in [4.78, 5) is 27.1. The average Bonchev–Trinajstić information content (AvgIpc) is 3.25. The normalized spacial score (nSPS) is 17.2. The maximum absolute atomic E-state index is 14.0. The molecule has 2 aliphatic heterocycles. The second-order valence-electron chi connectivity index (χ2n) is 7.62. The van der Waals surface area contributed by atoms with Gasteiger partial charge in [-0.15, -0.1) is 0 Å². The molecule has 0 bridgehead atoms. The maximum Gasteiger partial charge on any atom is 0.259 e. The molecule has 2 aliphatic rings. The third-order valence-electron chi connectivity index (χ3n) is 5.72. The zero-order valence-electron chi connectivity index (χ0n) is 16.2. The van der Waals surface area contributed by atoms with Crippen LogP contribution in [0, 0.1) is 16.4 Å². The number of hydrogen-bond acceptors (Lipinski definition) is 4. The minimum absolute atomic E-state index is 0.0804. The minimum atomic E-state index is -0.711. The lowest BCUT2D eigenvalue weighted by molar-refractivity contribution is 0.0879. The summed E-state index contributed by atoms with van der Waals surface area (Å²) < 4.78 is 35.6. The predicted octanol–water partition coefficient (Wildman–Crippen LogP) is 3.67. The van der Waals surface area contributed by atoms with Crippen LogP contribution < -0.4 is 10.1 Å². The number of rotatable bonds is 4. The molecule has 3 heterocycles. The lowest BCUT2D eigenvalue weighted by Gasteiger charge is -2.28. The summed E-state index contributed by atoms with van der Waals surface area (Å²) in [6.45, 7) is 0.201. The van der Waals surface area contributed by atoms with Gasteiger partial charge in [0.25, 0.3) is 11.8 Å². The number of imidazole rings is 1. The number of aromatic amines is 1. The minimum Gasteiger partial charge on any atom is -0.488 e. The second kappa shape index (κ2) is 7.42. The van der Waals surface area contributed by atoms with E-state index in [0.717, 1.165) is 17.3 Å². The molecule has 0 fully saturated rings. The van der Waals surface area contributed by atoms with E-state index in [1.165, 1.54) is 6.07 Å². The first-order valence-electron chi connectivity index (χ1n) is 9.79. The zero-order valence-corrected chi connectivity index (χ0v) is 17.0. The van der Waals surface area contributed by atoms with Crippen molar-refractivity contribution < 1.29 is 23.1 Å². The number of hydrogen-bond donors (Lipinski definition) is 2. The average molecular weight is 441 g/mol. The van der Waals surface area contributed by atoms with Crippen LogP contribution in [0.25, 0.3) is 0 Å². The Morgan fingerprint density at radius 2 is 2.00 bits per heavy atom. The number of H-pyrrole nitrogens is 1. The fourth-order valence-corrected chi connectivity index (χ4v) is 4.68. The summed E-state index contributed by atoms with van der Waals surface area (Å²) in [7, 11) is 0. The molecule has 0 saturated heterocycles. The standard InChI is InChI=1S/C22H17F2N3O3S/c23-13-6-12-7-15(10-30-19(12)17(24)8-13)27-14(9-25-22(27)31)5-4-11-2-1-3-16-18(11)21(29)26-20(16)28/h1-3,6,8-9,15H,4-5,7,10H2,(H,25,31)(H,26,28,29). The molecule has 0 saturated carbocycles. The Bertz CT molecular complexity index is 1300. The summed E-state index contributed by atoms with van der Waals surface area (Å²) in [5.41, 5.74) is 2.90. The van der Waals surface area contributed by atoms with Gasteiger partial charge in [0.1, 0.15) is 12.4 Å². The molecular weight excluding hydrogens is 424 g/mol. The first-order valence-corrected chi connectivity index (χ1v) is 10.2. The van der Waals surface area contributed by atoms with Gasteiger partial charge in [0.2, 0.25) is 0 Å². The van der Waals surface area contributed by atoms with Gasteiger partial charge in [-0.3, -0.25) is 14.9 Å². The molecule has 1 aromatic heterocycles. The lowest BCUT2D eigenvalue weighted by Crippen LogP contribution is -2.26. The van der Waals surface area contributed by atoms with Crippen LogP contribution in [0.2, 0.25) is 0 Å². The Balaban J connectivity index is 1.41. The fourth-order valence-electron chi connectivity index (χ4n) is 4.35. The van der Waals surface area contributed by atoms with Gasteiger partial charge >= 0.3 is 0 Å². The molecule has 158 valence electrons. The first kappa shape index (κ1) is 19.6. The molecule has 31 heavy (non-hydrogen) atoms. The molecule has 2 amide bonds. The Labute approximate surface area is 180 Å². The van der Waals surface area contributed by atoms with Crippen molar-refractivity contribution in [1.29, 1.82) is 0 Å². The number of aromatic nitrogens is 2. The Morgan fingerprint density at radius 3 is 2.84 bits per heavy atom. The van der Waals surface area contributed by atoms with Crippen LogP contribution in [0.15, 0.2) is 36.5 Å². The number of carbonyl (C=O) groups is 2. The Kier molecular flexibility index (Phi) is 4.70. The third kappa shape index (κ3) is 3.34. The Hall–Kier alpha value is -3.33. The molecule has 1 unspecified atom stereocenters. The number of ether oxygens (including phenoxy) is 1. The van der Waals surface area contributed by atoms with Crippen molar-refractivity contribution in [3.05, 3.63) is 80.9 Å². The summed E-state index contributed by atoms with van der Waals surface area (Å²) in [5, 5.41) is 2.32. The smallest absolute Gasteiger partial charge is 0.259 e. The maximum atomic E-state index is 14.0. The van der Waals surface area contributed by atoms with Crippen molar-refractivity contribution in [2.24, 2.45) is 0 Å². The van der Waals surface area contributed by atoms with Gasteiger partial charge in [-0.1, -0.05) is 12.1 Å². The highest BCUT2D eigenvalue weighted by Crippen LogP contribution is 2.33. The van der Waals surface area contributed by atoms with E-state index in [9.17, 15) is 18.4 Å². The number of benzene rings is 2. The number of fused-ring (bicyclic) bond motifs is 2. The molecule has 2 aromatic carbocycles. The molecule has 0 aliphatic carbocycles. The van der Waals surface area contributed by atoms with Gasteiger partial charge < -0.3 is 14.3 Å². The molecule has 2 N–H and O–H groups in total. The van der Waals surface area contributed by atoms with Gasteiger partial charge in [0.15, 0.2) is 16.3 Å². The third-order valence-corrected chi connectivity index (χ3v) is 6.03. The summed E-state index contributed by atoms with van der Waals surface area (Å²) in [5.74, 6) is -2.05. The van der Waals surface area contributed by atoms with Crippen LogP contribution in [0.5, 0.6) is 5.75 Å². The van der Waals surface area contributed by atoms with E-state index in [4.69, 9.17) is 17.0 Å². The molecule has 0 radical (unpaired) electrons. The molecule has 0 spiro atoms. The van der Waals surface area contributed by atoms with E-state index in [0.29, 0.717) is 40.7 Å². The van der Waals surface area contributed by atoms with Crippen LogP contribution >= 0.6 is 12.2 Å². The van der Waals surface area contributed by atoms with Crippen molar-refractivity contribution >= 4 is 24.0 Å². The van der Waals surface area contributed by atoms with Gasteiger partial charge in [-0.25, -0.2) is 8.78 Å². The van der Waals surface area contributed by atoms with Gasteiger partial charge in [-0.2, -0.15) is 0 Å². The molecule has 3 aromatic rings. The number of nitrogens with one attached hydrogen (secondary N) is 2. The fraction of sp³-hybridized carbons (Fsp3) is 0.227. The van der Waals surface area contributed by atoms with Crippen molar-refractivity contribution in [3.63, 3.8) is 0 Å². The van der Waals surface area contributed by atoms with Crippen molar-refractivity contribution in [2.75, 3.05) is 6.61 Å². The van der Waals surface area contributed by atoms with Crippen LogP contribution in [-0.2, 0) is 19.3 Å². The van der Waals surface area contributed by atoms with E-state index in [-0.39, 0.29) is 30.2 Å². The molecular formula is C22H17F2N3O3S. The molecule has 9 heteroatoms. The van der Waals surface area contributed by atoms with E-state index >= 15 is 0 Å². The molecule has 1 atom stereocenters. The highest BCUT2D eigenvalue weighted by atomic mass is 32.1. The van der Waals surface area contributed by atoms with Gasteiger partial charge in [-0.05, 0) is 42.8 Å². The van der Waals surface area contributed by atoms with Crippen LogP contribution in [0.4, 0.5) is 8.78 Å². The van der Waals surface area contributed by atoms with Crippen molar-refractivity contribution in [3.8, 4) is 5.75 Å². The summed E-state index contributed by atoms with van der Waals surface area (Å²) in [6.07, 6.45) is 3.23. The summed E-state index contributed by atoms with van der Waals surface area (Å²) in [6, 6.07) is 7.08. The van der Waals surface area contributed by atoms with Gasteiger partial charge in [0, 0.05) is 29.9 Å². The van der Waals surface area contributed by atoms with E-state index < -0.39 is 11.6 Å². The van der Waals surface area contributed by atoms with Crippen LogP contribution in [-0.4, -0.2) is 28.0 Å². The number of amides is 2. The summed E-state index contributed by atoms with van der Waals surface area (Å²) >= 11 is 5.44. The number of aryl methyl sites for hydroxylation is 2. The van der Waals surface area contributed by atoms with E-state index in [2.05, 4.69) is 10.3 Å². The number of nitrogens with zero attached hydrogens (tertiary/aromatic N) is 1. The van der Waals surface area contributed by atoms with Crippen molar-refractivity contribution in [2.45, 2.75) is 25.3 Å². The largest absolute Gasteiger partial charge is 0.488 e. The highest BCUT2D eigenvalue weighted by Gasteiger charge is 2.30. The second-order valence-corrected chi connectivity index (χ2v) is 8.01. The van der Waals surface area contributed by atoms with E-state index in [1.807, 2.05) is 10.6 Å². The Morgan fingerprint density at radius 1 is 1.16 bits per heavy atom. The lowest BCUT2D eigenvalue weighted by atomic mass is 9.98. The number of carbonyl (C=O) groups excluding carboxylic acids is 2. The quantitative estimate of drug-likeness (QED) is 0.479. The monoisotopic (exact) mass is 441 g/mol. The predicted molar refractivity (Wildman–Crippen MR) is 110 cm³/mol.